The van der Waals surface area contributed by atoms with E-state index in [1.807, 2.05) is 48.5 Å². The molecule has 0 atom stereocenters. The number of nitrogens with one attached hydrogen (secondary N) is 1. The predicted molar refractivity (Wildman–Crippen MR) is 372 cm³/mol. The Labute approximate surface area is 522 Å². The first-order valence-corrected chi connectivity index (χ1v) is 34.3. The van der Waals surface area contributed by atoms with Crippen LogP contribution in [0.15, 0.2) is 194 Å². The molecule has 12 aromatic rings. The number of aryl methyl sites for hydroxylation is 4. The highest BCUT2D eigenvalue weighted by molar-refractivity contribution is 7.68. The summed E-state index contributed by atoms with van der Waals surface area (Å²) in [7, 11) is -10.3. The zero-order valence-corrected chi connectivity index (χ0v) is 54.4. The quantitative estimate of drug-likeness (QED) is 0.137. The zero-order valence-electron chi connectivity index (χ0n) is 52.6. The van der Waals surface area contributed by atoms with E-state index in [9.17, 15) is 0 Å². The van der Waals surface area contributed by atoms with Gasteiger partial charge in [-0.15, -0.1) is 0 Å². The number of fused-ring (bicyclic) bond motifs is 14. The van der Waals surface area contributed by atoms with Gasteiger partial charge in [0.1, 0.15) is 23.0 Å². The molecule has 0 saturated heterocycles. The standard InChI is InChI=1S/C80H73NO6P2/c1-45(2)65-37-49(9)29-33-61(65)69-41-53-21-13-17-25-57(53)73-74-58-26-18-14-22-54(58)42-70(62-34-30-50(10)38-66(62)46(3)4)78(74)85-88(82,84-77(69)73)81-89(83)86-79-71(63-35-31-51(11)39-67(63)47(5)6)43-55-23-15-19-27-59(55)75(79)76-60-28-20-16-24-56(60)44-72(80(76)87-89)64-36-32-52(12)40-68(64)48(7)8/h13-48H,1-12H3,(H,81,82,83). The normalized spacial score (nSPS) is 14.0. The van der Waals surface area contributed by atoms with E-state index in [-0.39, 0.29) is 23.7 Å². The molecule has 0 aliphatic carbocycles. The maximum Gasteiger partial charge on any atom is 0.524 e. The molecule has 444 valence electrons. The summed E-state index contributed by atoms with van der Waals surface area (Å²) in [5, 5.41) is 7.25. The predicted octanol–water partition coefficient (Wildman–Crippen LogP) is 24.1. The molecule has 1 N–H and O–H groups in total. The molecule has 0 fully saturated rings. The van der Waals surface area contributed by atoms with Crippen LogP contribution in [-0.2, 0) is 9.13 Å². The highest BCUT2D eigenvalue weighted by Gasteiger charge is 2.50. The van der Waals surface area contributed by atoms with Crippen LogP contribution >= 0.6 is 15.5 Å². The Morgan fingerprint density at radius 3 is 0.708 bits per heavy atom. The van der Waals surface area contributed by atoms with Crippen molar-refractivity contribution in [2.24, 2.45) is 0 Å². The lowest BCUT2D eigenvalue weighted by atomic mass is 9.83. The van der Waals surface area contributed by atoms with Gasteiger partial charge < -0.3 is 18.1 Å². The fourth-order valence-electron chi connectivity index (χ4n) is 13.9. The maximum atomic E-state index is 17.8. The first-order valence-electron chi connectivity index (χ1n) is 31.2. The fraction of sp³-hybridized carbons (Fsp3) is 0.200. The zero-order chi connectivity index (χ0) is 61.9. The smallest absolute Gasteiger partial charge is 0.403 e. The monoisotopic (exact) mass is 1210 g/mol. The molecule has 7 nitrogen and oxygen atoms in total. The van der Waals surface area contributed by atoms with E-state index < -0.39 is 15.5 Å². The van der Waals surface area contributed by atoms with Crippen LogP contribution in [0.3, 0.4) is 0 Å². The van der Waals surface area contributed by atoms with Crippen LogP contribution in [0, 0.1) is 27.7 Å². The van der Waals surface area contributed by atoms with Gasteiger partial charge in [-0.2, -0.15) is 0 Å². The average Bonchev–Trinajstić information content (AvgIpc) is 1.69. The molecule has 0 radical (unpaired) electrons. The summed E-state index contributed by atoms with van der Waals surface area (Å²) in [6, 6.07) is 67.6. The molecule has 0 bridgehead atoms. The van der Waals surface area contributed by atoms with Gasteiger partial charge in [0.25, 0.3) is 0 Å². The van der Waals surface area contributed by atoms with E-state index in [2.05, 4.69) is 234 Å². The summed E-state index contributed by atoms with van der Waals surface area (Å²) in [4.78, 5) is 3.17. The molecule has 2 aliphatic heterocycles. The van der Waals surface area contributed by atoms with E-state index in [1.165, 1.54) is 0 Å². The first-order chi connectivity index (χ1) is 42.7. The van der Waals surface area contributed by atoms with Crippen LogP contribution in [0.5, 0.6) is 23.0 Å². The SMILES string of the molecule is Cc1ccc(-c2cc3ccccc3c3c2OP(=O)(NP2(=O)Oc4c(-c5ccc(C)cc5C(C)C)cc5ccccc5c4-c4c(c(-c5ccc(C)cc5C(C)C)cc5ccccc45)O2)Oc2c(-c4ccc(C)cc4C(C)C)cc4ccccc4c2-3)c(C(C)C)c1. The fourth-order valence-corrected chi connectivity index (χ4v) is 17.5. The molecule has 2 aliphatic rings. The molecule has 0 spiro atoms. The van der Waals surface area contributed by atoms with E-state index in [0.29, 0.717) is 67.5 Å². The molecule has 14 rings (SSSR count). The van der Waals surface area contributed by atoms with E-state index in [4.69, 9.17) is 18.1 Å². The number of hydrogen-bond acceptors (Lipinski definition) is 6. The average molecular weight is 1210 g/mol. The minimum absolute atomic E-state index is 0.0866. The molecule has 2 heterocycles. The van der Waals surface area contributed by atoms with Crippen LogP contribution in [0.1, 0.15) is 124 Å². The van der Waals surface area contributed by atoms with Crippen LogP contribution in [0.25, 0.3) is 110 Å². The van der Waals surface area contributed by atoms with Crippen molar-refractivity contribution in [1.82, 2.24) is 4.86 Å². The number of rotatable bonds is 10. The van der Waals surface area contributed by atoms with E-state index in [1.54, 1.807) is 0 Å². The summed E-state index contributed by atoms with van der Waals surface area (Å²) in [5.41, 5.74) is 18.0. The Hall–Kier alpha value is -8.70. The van der Waals surface area contributed by atoms with Crippen molar-refractivity contribution < 1.29 is 27.2 Å². The topological polar surface area (TPSA) is 83.1 Å². The van der Waals surface area contributed by atoms with Crippen molar-refractivity contribution in [2.75, 3.05) is 0 Å². The van der Waals surface area contributed by atoms with Crippen molar-refractivity contribution >= 4 is 58.6 Å². The lowest BCUT2D eigenvalue weighted by Crippen LogP contribution is -2.22. The third-order valence-electron chi connectivity index (χ3n) is 18.1. The van der Waals surface area contributed by atoms with Gasteiger partial charge in [0.05, 0.1) is 0 Å². The molecule has 12 aromatic carbocycles. The summed E-state index contributed by atoms with van der Waals surface area (Å²) in [6.45, 7) is 25.9. The van der Waals surface area contributed by atoms with Crippen LogP contribution in [0.2, 0.25) is 0 Å². The van der Waals surface area contributed by atoms with Crippen molar-refractivity contribution in [3.63, 3.8) is 0 Å². The largest absolute Gasteiger partial charge is 0.524 e. The van der Waals surface area contributed by atoms with Gasteiger partial charge in [0.2, 0.25) is 0 Å². The Morgan fingerprint density at radius 2 is 0.494 bits per heavy atom. The molecule has 9 heteroatoms. The van der Waals surface area contributed by atoms with Crippen molar-refractivity contribution in [3.8, 4) is 89.8 Å². The Kier molecular flexibility index (Phi) is 14.4. The summed E-state index contributed by atoms with van der Waals surface area (Å²) < 4.78 is 65.5. The Morgan fingerprint density at radius 1 is 0.281 bits per heavy atom. The molecule has 0 unspecified atom stereocenters. The summed E-state index contributed by atoms with van der Waals surface area (Å²) in [6.07, 6.45) is 0. The van der Waals surface area contributed by atoms with Gasteiger partial charge in [-0.3, -0.25) is 0 Å². The van der Waals surface area contributed by atoms with Gasteiger partial charge in [-0.1, -0.05) is 252 Å². The van der Waals surface area contributed by atoms with Gasteiger partial charge >= 0.3 is 15.5 Å². The lowest BCUT2D eigenvalue weighted by Gasteiger charge is -2.27. The maximum absolute atomic E-state index is 17.8. The molecule has 89 heavy (non-hydrogen) atoms. The first kappa shape index (κ1) is 58.0. The van der Waals surface area contributed by atoms with Gasteiger partial charge in [0, 0.05) is 44.5 Å². The molecule has 0 aromatic heterocycles. The van der Waals surface area contributed by atoms with Gasteiger partial charge in [-0.05, 0) is 163 Å². The van der Waals surface area contributed by atoms with Crippen LogP contribution < -0.4 is 23.0 Å². The number of hydrogen-bond donors (Lipinski definition) is 1. The van der Waals surface area contributed by atoms with Crippen molar-refractivity contribution in [3.05, 3.63) is 239 Å². The second-order valence-corrected chi connectivity index (χ2v) is 29.4. The number of benzene rings is 12. The third-order valence-corrected chi connectivity index (χ3v) is 21.7. The van der Waals surface area contributed by atoms with E-state index in [0.717, 1.165) is 110 Å². The Bertz CT molecular complexity index is 4420. The van der Waals surface area contributed by atoms with Crippen molar-refractivity contribution in [1.29, 1.82) is 0 Å². The minimum atomic E-state index is -5.14. The summed E-state index contributed by atoms with van der Waals surface area (Å²) >= 11 is 0. The Balaban J connectivity index is 1.12. The van der Waals surface area contributed by atoms with Crippen molar-refractivity contribution in [2.45, 2.75) is 107 Å². The second-order valence-electron chi connectivity index (χ2n) is 25.8. The molecule has 0 saturated carbocycles. The summed E-state index contributed by atoms with van der Waals surface area (Å²) in [5.74, 6) is 1.58. The highest BCUT2D eigenvalue weighted by Crippen LogP contribution is 2.69. The molecular formula is C80H73NO6P2. The molecular weight excluding hydrogens is 1130 g/mol. The van der Waals surface area contributed by atoms with Crippen LogP contribution in [-0.4, -0.2) is 0 Å². The minimum Gasteiger partial charge on any atom is -0.403 e. The highest BCUT2D eigenvalue weighted by atomic mass is 31.3. The van der Waals surface area contributed by atoms with Gasteiger partial charge in [-0.25, -0.2) is 9.13 Å². The van der Waals surface area contributed by atoms with Crippen LogP contribution in [0.4, 0.5) is 0 Å². The molecule has 0 amide bonds. The van der Waals surface area contributed by atoms with Gasteiger partial charge in [0.15, 0.2) is 0 Å². The lowest BCUT2D eigenvalue weighted by molar-refractivity contribution is 0.359. The van der Waals surface area contributed by atoms with E-state index >= 15 is 9.13 Å². The second kappa shape index (κ2) is 22.1. The third kappa shape index (κ3) is 10.0.